The van der Waals surface area contributed by atoms with Gasteiger partial charge in [0.05, 0.1) is 6.61 Å². The fourth-order valence-corrected chi connectivity index (χ4v) is 1.86. The maximum atomic E-state index is 13.5. The molecule has 0 aliphatic carbocycles. The van der Waals surface area contributed by atoms with Crippen molar-refractivity contribution >= 4 is 0 Å². The van der Waals surface area contributed by atoms with Crippen LogP contribution in [0.2, 0.25) is 0 Å². The molecule has 7 nitrogen and oxygen atoms in total. The zero-order valence-electron chi connectivity index (χ0n) is 9.54. The van der Waals surface area contributed by atoms with Gasteiger partial charge in [-0.15, -0.1) is 0 Å². The van der Waals surface area contributed by atoms with Gasteiger partial charge >= 0.3 is 5.69 Å². The number of nitrogens with zero attached hydrogens (tertiary/aromatic N) is 1. The largest absolute Gasteiger partial charge is 0.394 e. The van der Waals surface area contributed by atoms with Crippen molar-refractivity contribution in [1.82, 2.24) is 9.55 Å². The molecule has 2 unspecified atom stereocenters. The Kier molecular flexibility index (Phi) is 3.33. The number of rotatable bonds is 2. The van der Waals surface area contributed by atoms with Gasteiger partial charge in [-0.3, -0.25) is 14.3 Å². The summed E-state index contributed by atoms with van der Waals surface area (Å²) in [4.78, 5) is 24.8. The summed E-state index contributed by atoms with van der Waals surface area (Å²) < 4.78 is 19.5. The van der Waals surface area contributed by atoms with E-state index in [4.69, 9.17) is 9.84 Å². The van der Waals surface area contributed by atoms with Crippen LogP contribution < -0.4 is 11.2 Å². The van der Waals surface area contributed by atoms with Crippen LogP contribution in [-0.2, 0) is 4.74 Å². The molecule has 0 saturated carbocycles. The number of aromatic nitrogens is 2. The number of nitrogens with one attached hydrogen (secondary N) is 1. The Bertz CT molecular complexity index is 554. The Balaban J connectivity index is 2.42. The molecule has 2 rings (SSSR count). The lowest BCUT2D eigenvalue weighted by Gasteiger charge is -2.17. The first-order valence-electron chi connectivity index (χ1n) is 5.36. The van der Waals surface area contributed by atoms with Gasteiger partial charge in [-0.25, -0.2) is 9.18 Å². The second-order valence-corrected chi connectivity index (χ2v) is 4.16. The van der Waals surface area contributed by atoms with Crippen molar-refractivity contribution in [3.63, 3.8) is 0 Å². The molecule has 0 radical (unpaired) electrons. The van der Waals surface area contributed by atoms with Crippen LogP contribution in [0.15, 0.2) is 15.8 Å². The summed E-state index contributed by atoms with van der Waals surface area (Å²) in [6, 6.07) is 0. The quantitative estimate of drug-likeness (QED) is 0.596. The number of aryl methyl sites for hydroxylation is 1. The number of alkyl halides is 1. The lowest BCUT2D eigenvalue weighted by atomic mass is 10.1. The minimum Gasteiger partial charge on any atom is -0.394 e. The van der Waals surface area contributed by atoms with Crippen LogP contribution in [0.4, 0.5) is 4.39 Å². The fraction of sp³-hybridized carbons (Fsp3) is 0.600. The number of hydrogen-bond donors (Lipinski definition) is 3. The molecular weight excluding hydrogens is 247 g/mol. The van der Waals surface area contributed by atoms with E-state index in [1.165, 1.54) is 13.1 Å². The molecule has 1 aromatic rings. The van der Waals surface area contributed by atoms with Crippen LogP contribution in [0.25, 0.3) is 0 Å². The molecule has 2 heterocycles. The number of aliphatic hydroxyl groups is 2. The Morgan fingerprint density at radius 2 is 2.22 bits per heavy atom. The van der Waals surface area contributed by atoms with Gasteiger partial charge in [0, 0.05) is 11.8 Å². The number of halogens is 1. The van der Waals surface area contributed by atoms with E-state index in [2.05, 4.69) is 0 Å². The number of hydrogen-bond acceptors (Lipinski definition) is 5. The molecule has 0 aromatic carbocycles. The standard InChI is InChI=1S/C10H13FN2O5/c1-4-2-13(10(17)12-8(4)16)9-7(15)6(11)5(3-14)18-9/h2,5-7,9,14-15H,3H2,1H3,(H,12,16,17)/t5-,6?,7?,9-/m1/s1. The summed E-state index contributed by atoms with van der Waals surface area (Å²) in [5, 5.41) is 18.5. The predicted molar refractivity (Wildman–Crippen MR) is 58.0 cm³/mol. The Morgan fingerprint density at radius 1 is 1.56 bits per heavy atom. The molecule has 4 atom stereocenters. The first-order valence-corrected chi connectivity index (χ1v) is 5.36. The molecule has 0 spiro atoms. The van der Waals surface area contributed by atoms with Gasteiger partial charge in [-0.1, -0.05) is 0 Å². The molecule has 18 heavy (non-hydrogen) atoms. The summed E-state index contributed by atoms with van der Waals surface area (Å²) >= 11 is 0. The predicted octanol–water partition coefficient (Wildman–Crippen LogP) is -1.57. The van der Waals surface area contributed by atoms with E-state index in [0.29, 0.717) is 0 Å². The summed E-state index contributed by atoms with van der Waals surface area (Å²) in [6.07, 6.45) is -4.64. The second-order valence-electron chi connectivity index (χ2n) is 4.16. The second kappa shape index (κ2) is 4.63. The van der Waals surface area contributed by atoms with Crippen molar-refractivity contribution in [3.8, 4) is 0 Å². The fourth-order valence-electron chi connectivity index (χ4n) is 1.86. The third-order valence-electron chi connectivity index (χ3n) is 2.89. The van der Waals surface area contributed by atoms with Gasteiger partial charge in [-0.2, -0.15) is 0 Å². The van der Waals surface area contributed by atoms with Crippen molar-refractivity contribution in [2.45, 2.75) is 31.5 Å². The van der Waals surface area contributed by atoms with Crippen molar-refractivity contribution in [2.24, 2.45) is 0 Å². The highest BCUT2D eigenvalue weighted by atomic mass is 19.1. The number of aromatic amines is 1. The highest BCUT2D eigenvalue weighted by Crippen LogP contribution is 2.30. The average Bonchev–Trinajstić information content (AvgIpc) is 2.61. The van der Waals surface area contributed by atoms with E-state index in [9.17, 15) is 19.1 Å². The highest BCUT2D eigenvalue weighted by Gasteiger charge is 2.45. The molecular formula is C10H13FN2O5. The molecule has 1 aliphatic rings. The van der Waals surface area contributed by atoms with Gasteiger partial charge in [0.1, 0.15) is 12.2 Å². The Hall–Kier alpha value is -1.51. The average molecular weight is 260 g/mol. The minimum absolute atomic E-state index is 0.230. The Labute approximate surface area is 100 Å². The zero-order chi connectivity index (χ0) is 13.4. The van der Waals surface area contributed by atoms with E-state index in [-0.39, 0.29) is 5.56 Å². The van der Waals surface area contributed by atoms with E-state index in [1.54, 1.807) is 0 Å². The molecule has 0 amide bonds. The zero-order valence-corrected chi connectivity index (χ0v) is 9.54. The van der Waals surface area contributed by atoms with E-state index in [1.807, 2.05) is 4.98 Å². The SMILES string of the molecule is Cc1cn([C@@H]2O[C@H](CO)C(F)C2O)c(=O)[nH]c1=O. The molecule has 1 fully saturated rings. The van der Waals surface area contributed by atoms with Gasteiger partial charge in [0.25, 0.3) is 5.56 Å². The number of ether oxygens (including phenoxy) is 1. The molecule has 0 bridgehead atoms. The summed E-state index contributed by atoms with van der Waals surface area (Å²) in [7, 11) is 0. The van der Waals surface area contributed by atoms with Crippen molar-refractivity contribution in [3.05, 3.63) is 32.6 Å². The van der Waals surface area contributed by atoms with Gasteiger partial charge < -0.3 is 14.9 Å². The summed E-state index contributed by atoms with van der Waals surface area (Å²) in [6.45, 7) is 0.859. The maximum absolute atomic E-state index is 13.5. The van der Waals surface area contributed by atoms with Crippen LogP contribution >= 0.6 is 0 Å². The third kappa shape index (κ3) is 1.98. The first kappa shape index (κ1) is 12.9. The monoisotopic (exact) mass is 260 g/mol. The smallest absolute Gasteiger partial charge is 0.330 e. The third-order valence-corrected chi connectivity index (χ3v) is 2.89. The maximum Gasteiger partial charge on any atom is 0.330 e. The molecule has 3 N–H and O–H groups in total. The number of H-pyrrole nitrogens is 1. The van der Waals surface area contributed by atoms with Crippen LogP contribution in [-0.4, -0.2) is 44.8 Å². The summed E-state index contributed by atoms with van der Waals surface area (Å²) in [5.74, 6) is 0. The van der Waals surface area contributed by atoms with E-state index in [0.717, 1.165) is 4.57 Å². The topological polar surface area (TPSA) is 105 Å². The van der Waals surface area contributed by atoms with E-state index >= 15 is 0 Å². The normalized spacial score (nSPS) is 31.8. The molecule has 8 heteroatoms. The van der Waals surface area contributed by atoms with Gasteiger partial charge in [-0.05, 0) is 6.92 Å². The van der Waals surface area contributed by atoms with Crippen LogP contribution in [0.3, 0.4) is 0 Å². The van der Waals surface area contributed by atoms with Gasteiger partial charge in [0.2, 0.25) is 0 Å². The minimum atomic E-state index is -1.79. The van der Waals surface area contributed by atoms with E-state index < -0.39 is 42.5 Å². The van der Waals surface area contributed by atoms with Crippen LogP contribution in [0.1, 0.15) is 11.8 Å². The van der Waals surface area contributed by atoms with Crippen molar-refractivity contribution in [1.29, 1.82) is 0 Å². The molecule has 100 valence electrons. The van der Waals surface area contributed by atoms with Crippen LogP contribution in [0.5, 0.6) is 0 Å². The summed E-state index contributed by atoms with van der Waals surface area (Å²) in [5.41, 5.74) is -1.13. The Morgan fingerprint density at radius 3 is 2.78 bits per heavy atom. The van der Waals surface area contributed by atoms with Crippen molar-refractivity contribution in [2.75, 3.05) is 6.61 Å². The molecule has 1 saturated heterocycles. The lowest BCUT2D eigenvalue weighted by Crippen LogP contribution is -2.37. The first-order chi connectivity index (χ1) is 8.45. The highest BCUT2D eigenvalue weighted by molar-refractivity contribution is 5.03. The molecule has 1 aromatic heterocycles. The lowest BCUT2D eigenvalue weighted by molar-refractivity contribution is -0.0538. The van der Waals surface area contributed by atoms with Crippen LogP contribution in [0, 0.1) is 6.92 Å². The van der Waals surface area contributed by atoms with Gasteiger partial charge in [0.15, 0.2) is 12.4 Å². The molecule has 1 aliphatic heterocycles. The number of aliphatic hydroxyl groups excluding tert-OH is 2. The van der Waals surface area contributed by atoms with Crippen molar-refractivity contribution < 1.29 is 19.3 Å².